The number of aliphatic hydroxyl groups excluding tert-OH is 1. The third-order valence-electron chi connectivity index (χ3n) is 12.2. The highest BCUT2D eigenvalue weighted by Crippen LogP contribution is 2.17. The van der Waals surface area contributed by atoms with E-state index in [1.54, 1.807) is 0 Å². The van der Waals surface area contributed by atoms with Gasteiger partial charge in [0.1, 0.15) is 6.61 Å². The highest BCUT2D eigenvalue weighted by Gasteiger charge is 2.16. The van der Waals surface area contributed by atoms with E-state index in [-0.39, 0.29) is 25.2 Å². The van der Waals surface area contributed by atoms with Crippen LogP contribution in [0.15, 0.2) is 24.3 Å². The van der Waals surface area contributed by atoms with Crippen molar-refractivity contribution in [2.45, 2.75) is 302 Å². The maximum atomic E-state index is 12.3. The molecule has 60 heavy (non-hydrogen) atoms. The van der Waals surface area contributed by atoms with Gasteiger partial charge >= 0.3 is 11.9 Å². The van der Waals surface area contributed by atoms with Crippen LogP contribution in [-0.2, 0) is 19.1 Å². The van der Waals surface area contributed by atoms with Crippen LogP contribution < -0.4 is 0 Å². The predicted octanol–water partition coefficient (Wildman–Crippen LogP) is 17.8. The number of unbranched alkanes of at least 4 members (excludes halogenated alkanes) is 38. The van der Waals surface area contributed by atoms with Gasteiger partial charge in [-0.1, -0.05) is 263 Å². The molecule has 0 aromatic rings. The van der Waals surface area contributed by atoms with Crippen LogP contribution in [0.2, 0.25) is 0 Å². The lowest BCUT2D eigenvalue weighted by molar-refractivity contribution is -0.161. The van der Waals surface area contributed by atoms with Crippen molar-refractivity contribution in [3.05, 3.63) is 24.3 Å². The standard InChI is InChI=1S/C55H104O5/c1-3-5-7-9-11-13-15-17-19-21-22-23-24-25-26-27-28-29-30-31-32-34-36-38-40-42-44-46-48-50-55(58)60-53(51-56)52-59-54(57)49-47-45-43-41-39-37-35-33-20-18-16-14-12-10-8-6-4-2/h15,17,21-22,53,56H,3-14,16,18-20,23-52H2,1-2H3/b17-15-,22-21-. The third-order valence-corrected chi connectivity index (χ3v) is 12.2. The quantitative estimate of drug-likeness (QED) is 0.0375. The van der Waals surface area contributed by atoms with Crippen molar-refractivity contribution in [2.24, 2.45) is 0 Å². The zero-order chi connectivity index (χ0) is 43.5. The maximum absolute atomic E-state index is 12.3. The molecule has 0 aromatic heterocycles. The van der Waals surface area contributed by atoms with E-state index in [2.05, 4.69) is 38.2 Å². The second-order valence-electron chi connectivity index (χ2n) is 18.3. The van der Waals surface area contributed by atoms with Gasteiger partial charge in [0.2, 0.25) is 0 Å². The predicted molar refractivity (Wildman–Crippen MR) is 261 cm³/mol. The van der Waals surface area contributed by atoms with E-state index in [1.165, 1.54) is 231 Å². The number of aliphatic hydroxyl groups is 1. The smallest absolute Gasteiger partial charge is 0.306 e. The minimum Gasteiger partial charge on any atom is -0.462 e. The Kier molecular flexibility index (Phi) is 50.3. The van der Waals surface area contributed by atoms with Crippen molar-refractivity contribution in [1.29, 1.82) is 0 Å². The summed E-state index contributed by atoms with van der Waals surface area (Å²) in [5.41, 5.74) is 0. The zero-order valence-corrected chi connectivity index (χ0v) is 40.5. The van der Waals surface area contributed by atoms with Crippen LogP contribution in [0.4, 0.5) is 0 Å². The normalized spacial score (nSPS) is 12.2. The Morgan fingerprint density at radius 2 is 0.667 bits per heavy atom. The van der Waals surface area contributed by atoms with Crippen LogP contribution >= 0.6 is 0 Å². The highest BCUT2D eigenvalue weighted by atomic mass is 16.6. The van der Waals surface area contributed by atoms with E-state index in [4.69, 9.17) is 9.47 Å². The summed E-state index contributed by atoms with van der Waals surface area (Å²) < 4.78 is 10.7. The van der Waals surface area contributed by atoms with E-state index in [0.717, 1.165) is 38.5 Å². The Morgan fingerprint density at radius 3 is 0.983 bits per heavy atom. The number of rotatable bonds is 50. The van der Waals surface area contributed by atoms with E-state index < -0.39 is 6.10 Å². The summed E-state index contributed by atoms with van der Waals surface area (Å²) in [7, 11) is 0. The second kappa shape index (κ2) is 51.7. The number of carbonyl (C=O) groups excluding carboxylic acids is 2. The Hall–Kier alpha value is -1.62. The Balaban J connectivity index is 3.42. The molecule has 0 rings (SSSR count). The summed E-state index contributed by atoms with van der Waals surface area (Å²) in [5.74, 6) is -0.572. The summed E-state index contributed by atoms with van der Waals surface area (Å²) in [6, 6.07) is 0. The van der Waals surface area contributed by atoms with Crippen LogP contribution in [0.25, 0.3) is 0 Å². The Labute approximate surface area is 374 Å². The number of hydrogen-bond donors (Lipinski definition) is 1. The van der Waals surface area contributed by atoms with Gasteiger partial charge < -0.3 is 14.6 Å². The molecule has 0 radical (unpaired) electrons. The average molecular weight is 845 g/mol. The van der Waals surface area contributed by atoms with Crippen LogP contribution in [0.3, 0.4) is 0 Å². The van der Waals surface area contributed by atoms with Crippen LogP contribution in [-0.4, -0.2) is 36.4 Å². The van der Waals surface area contributed by atoms with Gasteiger partial charge in [0.15, 0.2) is 6.10 Å². The van der Waals surface area contributed by atoms with Crippen LogP contribution in [0.1, 0.15) is 296 Å². The fraction of sp³-hybridized carbons (Fsp3) is 0.891. The van der Waals surface area contributed by atoms with Gasteiger partial charge in [-0.05, 0) is 44.9 Å². The molecule has 0 fully saturated rings. The summed E-state index contributed by atoms with van der Waals surface area (Å²) in [6.07, 6.45) is 64.3. The molecule has 0 aliphatic carbocycles. The van der Waals surface area contributed by atoms with Crippen molar-refractivity contribution < 1.29 is 24.2 Å². The molecule has 0 aliphatic rings. The first-order chi connectivity index (χ1) is 29.6. The number of hydrogen-bond acceptors (Lipinski definition) is 5. The summed E-state index contributed by atoms with van der Waals surface area (Å²) >= 11 is 0. The van der Waals surface area contributed by atoms with Gasteiger partial charge in [-0.25, -0.2) is 0 Å². The molecular formula is C55H104O5. The van der Waals surface area contributed by atoms with Crippen molar-refractivity contribution in [1.82, 2.24) is 0 Å². The van der Waals surface area contributed by atoms with Gasteiger partial charge in [-0.3, -0.25) is 9.59 Å². The van der Waals surface area contributed by atoms with Gasteiger partial charge in [0, 0.05) is 12.8 Å². The zero-order valence-electron chi connectivity index (χ0n) is 40.5. The van der Waals surface area contributed by atoms with Crippen molar-refractivity contribution >= 4 is 11.9 Å². The molecule has 0 aromatic carbocycles. The van der Waals surface area contributed by atoms with Gasteiger partial charge in [0.25, 0.3) is 0 Å². The summed E-state index contributed by atoms with van der Waals surface area (Å²) in [6.45, 7) is 4.17. The van der Waals surface area contributed by atoms with E-state index in [9.17, 15) is 14.7 Å². The number of esters is 2. The number of allylic oxidation sites excluding steroid dienone is 4. The van der Waals surface area contributed by atoms with Crippen LogP contribution in [0.5, 0.6) is 0 Å². The minimum atomic E-state index is -0.767. The topological polar surface area (TPSA) is 72.8 Å². The first-order valence-electron chi connectivity index (χ1n) is 26.9. The Bertz CT molecular complexity index is 913. The van der Waals surface area contributed by atoms with E-state index in [1.807, 2.05) is 0 Å². The molecule has 354 valence electrons. The van der Waals surface area contributed by atoms with Crippen molar-refractivity contribution in [3.8, 4) is 0 Å². The van der Waals surface area contributed by atoms with Gasteiger partial charge in [-0.2, -0.15) is 0 Å². The molecule has 5 nitrogen and oxygen atoms in total. The molecule has 0 spiro atoms. The fourth-order valence-corrected chi connectivity index (χ4v) is 8.18. The largest absolute Gasteiger partial charge is 0.462 e. The fourth-order valence-electron chi connectivity index (χ4n) is 8.18. The average Bonchev–Trinajstić information content (AvgIpc) is 3.25. The monoisotopic (exact) mass is 845 g/mol. The molecule has 0 heterocycles. The minimum absolute atomic E-state index is 0.0589. The molecule has 0 aliphatic heterocycles. The molecule has 5 heteroatoms. The Morgan fingerprint density at radius 1 is 0.383 bits per heavy atom. The maximum Gasteiger partial charge on any atom is 0.306 e. The lowest BCUT2D eigenvalue weighted by atomic mass is 10.0. The third kappa shape index (κ3) is 49.0. The van der Waals surface area contributed by atoms with Crippen LogP contribution in [0, 0.1) is 0 Å². The van der Waals surface area contributed by atoms with E-state index >= 15 is 0 Å². The lowest BCUT2D eigenvalue weighted by Gasteiger charge is -2.15. The SMILES string of the molecule is CCCCCCC/C=C\C/C=C\CCCCCCCCCCCCCCCCCCCC(=O)OC(CO)COC(=O)CCCCCCCCCCCCCCCCCCC. The lowest BCUT2D eigenvalue weighted by Crippen LogP contribution is -2.28. The molecule has 0 amide bonds. The molecule has 1 atom stereocenters. The summed E-state index contributed by atoms with van der Waals surface area (Å²) in [4.78, 5) is 24.5. The molecular weight excluding hydrogens is 741 g/mol. The number of carbonyl (C=O) groups is 2. The molecule has 1 N–H and O–H groups in total. The van der Waals surface area contributed by atoms with Crippen molar-refractivity contribution in [2.75, 3.05) is 13.2 Å². The molecule has 1 unspecified atom stereocenters. The van der Waals surface area contributed by atoms with Gasteiger partial charge in [0.05, 0.1) is 6.61 Å². The first kappa shape index (κ1) is 58.4. The molecule has 0 bridgehead atoms. The number of ether oxygens (including phenoxy) is 2. The molecule has 0 saturated carbocycles. The molecule has 0 saturated heterocycles. The summed E-state index contributed by atoms with van der Waals surface area (Å²) in [5, 5.41) is 9.63. The van der Waals surface area contributed by atoms with Gasteiger partial charge in [-0.15, -0.1) is 0 Å². The van der Waals surface area contributed by atoms with Crippen molar-refractivity contribution in [3.63, 3.8) is 0 Å². The van der Waals surface area contributed by atoms with E-state index in [0.29, 0.717) is 12.8 Å². The highest BCUT2D eigenvalue weighted by molar-refractivity contribution is 5.70. The second-order valence-corrected chi connectivity index (χ2v) is 18.3. The first-order valence-corrected chi connectivity index (χ1v) is 26.9.